The summed E-state index contributed by atoms with van der Waals surface area (Å²) in [7, 11) is 0. The maximum atomic E-state index is 12.0. The predicted molar refractivity (Wildman–Crippen MR) is 95.3 cm³/mol. The van der Waals surface area contributed by atoms with Gasteiger partial charge in [-0.15, -0.1) is 0 Å². The lowest BCUT2D eigenvalue weighted by molar-refractivity contribution is -0.120. The number of benzene rings is 2. The van der Waals surface area contributed by atoms with Crippen LogP contribution in [0.1, 0.15) is 11.3 Å². The molecule has 1 heterocycles. The summed E-state index contributed by atoms with van der Waals surface area (Å²) in [6, 6.07) is 17.4. The third kappa shape index (κ3) is 4.94. The van der Waals surface area contributed by atoms with Gasteiger partial charge in [0, 0.05) is 5.56 Å². The van der Waals surface area contributed by atoms with Crippen LogP contribution in [-0.2, 0) is 11.2 Å². The second kappa shape index (κ2) is 8.15. The normalized spacial score (nSPS) is 10.4. The van der Waals surface area contributed by atoms with Crippen LogP contribution in [0.25, 0.3) is 11.5 Å². The molecule has 5 nitrogen and oxygen atoms in total. The van der Waals surface area contributed by atoms with Gasteiger partial charge in [-0.3, -0.25) is 4.79 Å². The molecule has 0 radical (unpaired) electrons. The van der Waals surface area contributed by atoms with Gasteiger partial charge in [0.2, 0.25) is 11.8 Å². The average Bonchev–Trinajstić information content (AvgIpc) is 3.08. The van der Waals surface area contributed by atoms with Crippen molar-refractivity contribution in [2.75, 3.05) is 13.2 Å². The van der Waals surface area contributed by atoms with Gasteiger partial charge in [-0.05, 0) is 36.8 Å². The molecule has 0 saturated carbocycles. The molecule has 25 heavy (non-hydrogen) atoms. The van der Waals surface area contributed by atoms with Crippen molar-refractivity contribution in [1.29, 1.82) is 0 Å². The topological polar surface area (TPSA) is 64.4 Å². The molecular formula is C20H20N2O3. The Morgan fingerprint density at radius 1 is 1.16 bits per heavy atom. The van der Waals surface area contributed by atoms with Crippen LogP contribution >= 0.6 is 0 Å². The summed E-state index contributed by atoms with van der Waals surface area (Å²) < 4.78 is 11.0. The van der Waals surface area contributed by atoms with E-state index in [2.05, 4.69) is 10.3 Å². The second-order valence-corrected chi connectivity index (χ2v) is 5.70. The Morgan fingerprint density at radius 2 is 2.00 bits per heavy atom. The summed E-state index contributed by atoms with van der Waals surface area (Å²) in [5, 5.41) is 2.82. The SMILES string of the molecule is Cc1cccc(OCCNC(=O)Cc2coc(-c3ccccc3)n2)c1. The zero-order valence-corrected chi connectivity index (χ0v) is 14.1. The molecule has 2 aromatic carbocycles. The number of oxazole rings is 1. The molecule has 128 valence electrons. The van der Waals surface area contributed by atoms with Crippen molar-refractivity contribution < 1.29 is 13.9 Å². The van der Waals surface area contributed by atoms with E-state index in [1.165, 1.54) is 6.26 Å². The molecule has 0 spiro atoms. The van der Waals surface area contributed by atoms with Gasteiger partial charge < -0.3 is 14.5 Å². The number of carbonyl (C=O) groups is 1. The van der Waals surface area contributed by atoms with Gasteiger partial charge in [0.15, 0.2) is 0 Å². The number of hydrogen-bond acceptors (Lipinski definition) is 4. The maximum Gasteiger partial charge on any atom is 0.226 e. The van der Waals surface area contributed by atoms with E-state index < -0.39 is 0 Å². The van der Waals surface area contributed by atoms with Gasteiger partial charge in [-0.2, -0.15) is 0 Å². The Labute approximate surface area is 146 Å². The van der Waals surface area contributed by atoms with E-state index in [9.17, 15) is 4.79 Å². The number of aryl methyl sites for hydroxylation is 1. The van der Waals surface area contributed by atoms with E-state index in [1.54, 1.807) is 0 Å². The van der Waals surface area contributed by atoms with Crippen LogP contribution < -0.4 is 10.1 Å². The molecule has 3 rings (SSSR count). The van der Waals surface area contributed by atoms with E-state index >= 15 is 0 Å². The van der Waals surface area contributed by atoms with E-state index in [0.29, 0.717) is 24.7 Å². The molecule has 0 aliphatic rings. The van der Waals surface area contributed by atoms with E-state index in [-0.39, 0.29) is 12.3 Å². The van der Waals surface area contributed by atoms with Crippen molar-refractivity contribution in [2.24, 2.45) is 0 Å². The quantitative estimate of drug-likeness (QED) is 0.672. The highest BCUT2D eigenvalue weighted by molar-refractivity contribution is 5.78. The summed E-state index contributed by atoms with van der Waals surface area (Å²) in [5.41, 5.74) is 2.64. The number of aromatic nitrogens is 1. The van der Waals surface area contributed by atoms with Crippen molar-refractivity contribution in [3.63, 3.8) is 0 Å². The Morgan fingerprint density at radius 3 is 2.80 bits per heavy atom. The van der Waals surface area contributed by atoms with Crippen LogP contribution in [0.15, 0.2) is 65.3 Å². The first kappa shape index (κ1) is 16.8. The smallest absolute Gasteiger partial charge is 0.226 e. The van der Waals surface area contributed by atoms with E-state index in [4.69, 9.17) is 9.15 Å². The summed E-state index contributed by atoms with van der Waals surface area (Å²) in [6.07, 6.45) is 1.70. The van der Waals surface area contributed by atoms with Crippen LogP contribution in [0, 0.1) is 6.92 Å². The molecular weight excluding hydrogens is 316 g/mol. The van der Waals surface area contributed by atoms with Crippen molar-refractivity contribution in [3.05, 3.63) is 72.1 Å². The third-order valence-electron chi connectivity index (χ3n) is 3.60. The lowest BCUT2D eigenvalue weighted by atomic mass is 10.2. The second-order valence-electron chi connectivity index (χ2n) is 5.70. The molecule has 1 aromatic heterocycles. The first-order chi connectivity index (χ1) is 12.2. The van der Waals surface area contributed by atoms with Crippen molar-refractivity contribution in [2.45, 2.75) is 13.3 Å². The predicted octanol–water partition coefficient (Wildman–Crippen LogP) is 3.39. The molecule has 5 heteroatoms. The molecule has 0 aliphatic heterocycles. The number of nitrogens with one attached hydrogen (secondary N) is 1. The molecule has 0 atom stereocenters. The summed E-state index contributed by atoms with van der Waals surface area (Å²) >= 11 is 0. The standard InChI is InChI=1S/C20H20N2O3/c1-15-6-5-9-18(12-15)24-11-10-21-19(23)13-17-14-25-20(22-17)16-7-3-2-4-8-16/h2-9,12,14H,10-11,13H2,1H3,(H,21,23). The average molecular weight is 336 g/mol. The molecule has 1 amide bonds. The summed E-state index contributed by atoms with van der Waals surface area (Å²) in [6.45, 7) is 2.87. The number of ether oxygens (including phenoxy) is 1. The number of amides is 1. The van der Waals surface area contributed by atoms with Gasteiger partial charge in [-0.25, -0.2) is 4.98 Å². The number of hydrogen-bond donors (Lipinski definition) is 1. The minimum Gasteiger partial charge on any atom is -0.492 e. The van der Waals surface area contributed by atoms with Crippen molar-refractivity contribution in [1.82, 2.24) is 10.3 Å². The minimum absolute atomic E-state index is 0.110. The van der Waals surface area contributed by atoms with Gasteiger partial charge in [0.25, 0.3) is 0 Å². The van der Waals surface area contributed by atoms with Gasteiger partial charge in [0.1, 0.15) is 18.6 Å². The lowest BCUT2D eigenvalue weighted by Gasteiger charge is -2.07. The number of carbonyl (C=O) groups excluding carboxylic acids is 1. The van der Waals surface area contributed by atoms with Crippen molar-refractivity contribution in [3.8, 4) is 17.2 Å². The molecule has 0 unspecified atom stereocenters. The molecule has 3 aromatic rings. The zero-order valence-electron chi connectivity index (χ0n) is 14.1. The van der Waals surface area contributed by atoms with Crippen LogP contribution in [0.3, 0.4) is 0 Å². The van der Waals surface area contributed by atoms with E-state index in [0.717, 1.165) is 16.9 Å². The highest BCUT2D eigenvalue weighted by Crippen LogP contribution is 2.18. The highest BCUT2D eigenvalue weighted by Gasteiger charge is 2.10. The molecule has 0 fully saturated rings. The molecule has 0 aliphatic carbocycles. The Balaban J connectivity index is 1.43. The highest BCUT2D eigenvalue weighted by atomic mass is 16.5. The van der Waals surface area contributed by atoms with Crippen LogP contribution in [0.4, 0.5) is 0 Å². The van der Waals surface area contributed by atoms with E-state index in [1.807, 2.05) is 61.5 Å². The number of nitrogens with zero attached hydrogens (tertiary/aromatic N) is 1. The van der Waals surface area contributed by atoms with Gasteiger partial charge >= 0.3 is 0 Å². The zero-order chi connectivity index (χ0) is 17.5. The van der Waals surface area contributed by atoms with Gasteiger partial charge in [-0.1, -0.05) is 30.3 Å². The molecule has 0 saturated heterocycles. The fraction of sp³-hybridized carbons (Fsp3) is 0.200. The molecule has 0 bridgehead atoms. The lowest BCUT2D eigenvalue weighted by Crippen LogP contribution is -2.29. The Bertz CT molecular complexity index is 828. The molecule has 1 N–H and O–H groups in total. The van der Waals surface area contributed by atoms with Gasteiger partial charge in [0.05, 0.1) is 18.7 Å². The third-order valence-corrected chi connectivity index (χ3v) is 3.60. The minimum atomic E-state index is -0.110. The van der Waals surface area contributed by atoms with Crippen LogP contribution in [-0.4, -0.2) is 24.0 Å². The number of rotatable bonds is 7. The Hall–Kier alpha value is -3.08. The Kier molecular flexibility index (Phi) is 5.46. The van der Waals surface area contributed by atoms with Crippen LogP contribution in [0.2, 0.25) is 0 Å². The maximum absolute atomic E-state index is 12.0. The summed E-state index contributed by atoms with van der Waals surface area (Å²) in [5.74, 6) is 1.21. The first-order valence-electron chi connectivity index (χ1n) is 8.17. The fourth-order valence-electron chi connectivity index (χ4n) is 2.39. The fourth-order valence-corrected chi connectivity index (χ4v) is 2.39. The van der Waals surface area contributed by atoms with Crippen LogP contribution in [0.5, 0.6) is 5.75 Å². The monoisotopic (exact) mass is 336 g/mol. The summed E-state index contributed by atoms with van der Waals surface area (Å²) in [4.78, 5) is 16.3. The van der Waals surface area contributed by atoms with Crippen molar-refractivity contribution >= 4 is 5.91 Å². The largest absolute Gasteiger partial charge is 0.492 e. The first-order valence-corrected chi connectivity index (χ1v) is 8.17.